The zero-order valence-electron chi connectivity index (χ0n) is 11.5. The van der Waals surface area contributed by atoms with Gasteiger partial charge in [-0.2, -0.15) is 0 Å². The van der Waals surface area contributed by atoms with Gasteiger partial charge < -0.3 is 10.6 Å². The van der Waals surface area contributed by atoms with Gasteiger partial charge >= 0.3 is 0 Å². The van der Waals surface area contributed by atoms with Crippen LogP contribution in [-0.4, -0.2) is 28.4 Å². The number of hydrogen-bond acceptors (Lipinski definition) is 2. The van der Waals surface area contributed by atoms with E-state index in [2.05, 4.69) is 6.92 Å². The molecule has 0 unspecified atom stereocenters. The van der Waals surface area contributed by atoms with Crippen molar-refractivity contribution in [2.24, 2.45) is 5.73 Å². The minimum absolute atomic E-state index is 0.292. The SMILES string of the molecule is CCCCC(=O)N(CCC(N)=S)C1CCCCC1. The first-order chi connectivity index (χ1) is 8.65. The predicted octanol–water partition coefficient (Wildman–Crippen LogP) is 3.01. The average Bonchev–Trinajstić information content (AvgIpc) is 2.37. The van der Waals surface area contributed by atoms with Gasteiger partial charge in [-0.3, -0.25) is 4.79 Å². The standard InChI is InChI=1S/C14H26N2OS/c1-2-3-9-14(17)16(11-10-13(15)18)12-7-5-4-6-8-12/h12H,2-11H2,1H3,(H2,15,18). The van der Waals surface area contributed by atoms with Crippen LogP contribution < -0.4 is 5.73 Å². The van der Waals surface area contributed by atoms with Crippen molar-refractivity contribution < 1.29 is 4.79 Å². The Labute approximate surface area is 116 Å². The highest BCUT2D eigenvalue weighted by Crippen LogP contribution is 2.23. The summed E-state index contributed by atoms with van der Waals surface area (Å²) in [4.78, 5) is 14.8. The van der Waals surface area contributed by atoms with Gasteiger partial charge in [0, 0.05) is 25.4 Å². The van der Waals surface area contributed by atoms with Crippen molar-refractivity contribution in [1.82, 2.24) is 4.90 Å². The van der Waals surface area contributed by atoms with E-state index in [1.165, 1.54) is 19.3 Å². The maximum atomic E-state index is 12.3. The Morgan fingerprint density at radius 2 is 1.94 bits per heavy atom. The molecular formula is C14H26N2OS. The molecule has 0 bridgehead atoms. The molecule has 3 nitrogen and oxygen atoms in total. The smallest absolute Gasteiger partial charge is 0.222 e. The molecule has 0 aromatic rings. The average molecular weight is 270 g/mol. The molecule has 1 aliphatic rings. The van der Waals surface area contributed by atoms with Gasteiger partial charge in [0.25, 0.3) is 0 Å². The molecule has 1 amide bonds. The molecule has 104 valence electrons. The molecule has 1 rings (SSSR count). The van der Waals surface area contributed by atoms with Crippen molar-refractivity contribution in [3.63, 3.8) is 0 Å². The maximum Gasteiger partial charge on any atom is 0.222 e. The first-order valence-corrected chi connectivity index (χ1v) is 7.63. The molecule has 0 heterocycles. The van der Waals surface area contributed by atoms with Gasteiger partial charge in [0.05, 0.1) is 4.99 Å². The van der Waals surface area contributed by atoms with Crippen LogP contribution >= 0.6 is 12.2 Å². The molecule has 1 aliphatic carbocycles. The van der Waals surface area contributed by atoms with Crippen molar-refractivity contribution in [1.29, 1.82) is 0 Å². The van der Waals surface area contributed by atoms with E-state index in [0.29, 0.717) is 36.3 Å². The van der Waals surface area contributed by atoms with E-state index in [9.17, 15) is 4.79 Å². The van der Waals surface area contributed by atoms with Crippen molar-refractivity contribution >= 4 is 23.1 Å². The highest BCUT2D eigenvalue weighted by Gasteiger charge is 2.24. The predicted molar refractivity (Wildman–Crippen MR) is 79.5 cm³/mol. The summed E-state index contributed by atoms with van der Waals surface area (Å²) >= 11 is 4.93. The number of amides is 1. The van der Waals surface area contributed by atoms with E-state index in [0.717, 1.165) is 25.7 Å². The second-order valence-electron chi connectivity index (χ2n) is 5.20. The quantitative estimate of drug-likeness (QED) is 0.723. The van der Waals surface area contributed by atoms with Crippen LogP contribution in [0.2, 0.25) is 0 Å². The Morgan fingerprint density at radius 1 is 1.28 bits per heavy atom. The second kappa shape index (κ2) is 8.46. The Kier molecular flexibility index (Phi) is 7.25. The van der Waals surface area contributed by atoms with E-state index in [1.807, 2.05) is 4.90 Å². The summed E-state index contributed by atoms with van der Waals surface area (Å²) in [6.07, 6.45) is 9.47. The maximum absolute atomic E-state index is 12.3. The zero-order valence-corrected chi connectivity index (χ0v) is 12.3. The summed E-state index contributed by atoms with van der Waals surface area (Å²) in [6.45, 7) is 2.83. The molecule has 0 atom stereocenters. The van der Waals surface area contributed by atoms with Crippen LogP contribution in [0.15, 0.2) is 0 Å². The van der Waals surface area contributed by atoms with Crippen LogP contribution in [0.25, 0.3) is 0 Å². The minimum Gasteiger partial charge on any atom is -0.393 e. The highest BCUT2D eigenvalue weighted by atomic mass is 32.1. The molecular weight excluding hydrogens is 244 g/mol. The van der Waals surface area contributed by atoms with Gasteiger partial charge in [0.2, 0.25) is 5.91 Å². The number of hydrogen-bond donors (Lipinski definition) is 1. The fraction of sp³-hybridized carbons (Fsp3) is 0.857. The van der Waals surface area contributed by atoms with Gasteiger partial charge in [-0.05, 0) is 19.3 Å². The molecule has 0 aromatic carbocycles. The summed E-state index contributed by atoms with van der Waals surface area (Å²) in [6, 6.07) is 0.428. The van der Waals surface area contributed by atoms with Crippen LogP contribution in [0.1, 0.15) is 64.7 Å². The molecule has 4 heteroatoms. The molecule has 18 heavy (non-hydrogen) atoms. The first-order valence-electron chi connectivity index (χ1n) is 7.23. The zero-order chi connectivity index (χ0) is 13.4. The summed E-state index contributed by atoms with van der Waals surface area (Å²) in [5.74, 6) is 0.292. The van der Waals surface area contributed by atoms with Crippen molar-refractivity contribution in [3.8, 4) is 0 Å². The van der Waals surface area contributed by atoms with E-state index in [-0.39, 0.29) is 0 Å². The van der Waals surface area contributed by atoms with Crippen LogP contribution in [0.3, 0.4) is 0 Å². The molecule has 0 aromatic heterocycles. The number of nitrogens with zero attached hydrogens (tertiary/aromatic N) is 1. The van der Waals surface area contributed by atoms with Crippen molar-refractivity contribution in [2.45, 2.75) is 70.8 Å². The summed E-state index contributed by atoms with van der Waals surface area (Å²) in [5, 5.41) is 0. The van der Waals surface area contributed by atoms with E-state index in [4.69, 9.17) is 18.0 Å². The monoisotopic (exact) mass is 270 g/mol. The van der Waals surface area contributed by atoms with Gasteiger partial charge in [-0.15, -0.1) is 0 Å². The van der Waals surface area contributed by atoms with E-state index >= 15 is 0 Å². The third kappa shape index (κ3) is 5.34. The lowest BCUT2D eigenvalue weighted by Gasteiger charge is -2.34. The Hall–Kier alpha value is -0.640. The fourth-order valence-corrected chi connectivity index (χ4v) is 2.70. The molecule has 1 saturated carbocycles. The minimum atomic E-state index is 0.292. The Morgan fingerprint density at radius 3 is 2.50 bits per heavy atom. The van der Waals surface area contributed by atoms with E-state index in [1.54, 1.807) is 0 Å². The second-order valence-corrected chi connectivity index (χ2v) is 5.72. The molecule has 0 aliphatic heterocycles. The molecule has 2 N–H and O–H groups in total. The van der Waals surface area contributed by atoms with Gasteiger partial charge in [0.15, 0.2) is 0 Å². The third-order valence-electron chi connectivity index (χ3n) is 3.68. The Bertz CT molecular complexity index is 275. The lowest BCUT2D eigenvalue weighted by Crippen LogP contribution is -2.42. The van der Waals surface area contributed by atoms with Crippen LogP contribution in [0, 0.1) is 0 Å². The summed E-state index contributed by atoms with van der Waals surface area (Å²) in [7, 11) is 0. The number of unbranched alkanes of at least 4 members (excludes halogenated alkanes) is 1. The number of nitrogens with two attached hydrogens (primary N) is 1. The Balaban J connectivity index is 2.54. The van der Waals surface area contributed by atoms with Crippen LogP contribution in [0.4, 0.5) is 0 Å². The number of carbonyl (C=O) groups is 1. The number of rotatable bonds is 7. The number of thiocarbonyl (C=S) groups is 1. The van der Waals surface area contributed by atoms with Crippen LogP contribution in [-0.2, 0) is 4.79 Å². The largest absolute Gasteiger partial charge is 0.393 e. The highest BCUT2D eigenvalue weighted by molar-refractivity contribution is 7.80. The van der Waals surface area contributed by atoms with Crippen molar-refractivity contribution in [3.05, 3.63) is 0 Å². The van der Waals surface area contributed by atoms with Crippen molar-refractivity contribution in [2.75, 3.05) is 6.54 Å². The number of carbonyl (C=O) groups excluding carboxylic acids is 1. The fourth-order valence-electron chi connectivity index (χ4n) is 2.61. The topological polar surface area (TPSA) is 46.3 Å². The summed E-state index contributed by atoms with van der Waals surface area (Å²) in [5.41, 5.74) is 5.56. The van der Waals surface area contributed by atoms with Gasteiger partial charge in [0.1, 0.15) is 0 Å². The molecule has 1 fully saturated rings. The lowest BCUT2D eigenvalue weighted by atomic mass is 9.93. The first kappa shape index (κ1) is 15.4. The third-order valence-corrected chi connectivity index (χ3v) is 3.88. The van der Waals surface area contributed by atoms with Gasteiger partial charge in [-0.1, -0.05) is 44.8 Å². The van der Waals surface area contributed by atoms with Crippen LogP contribution in [0.5, 0.6) is 0 Å². The normalized spacial score (nSPS) is 16.5. The molecule has 0 saturated heterocycles. The van der Waals surface area contributed by atoms with E-state index < -0.39 is 0 Å². The summed E-state index contributed by atoms with van der Waals surface area (Å²) < 4.78 is 0. The molecule has 0 spiro atoms. The lowest BCUT2D eigenvalue weighted by molar-refractivity contribution is -0.134. The van der Waals surface area contributed by atoms with Gasteiger partial charge in [-0.25, -0.2) is 0 Å². The molecule has 0 radical (unpaired) electrons.